The van der Waals surface area contributed by atoms with Crippen LogP contribution in [0.15, 0.2) is 60.8 Å². The van der Waals surface area contributed by atoms with E-state index in [1.54, 1.807) is 0 Å². The monoisotopic (exact) mass is 436 g/mol. The summed E-state index contributed by atoms with van der Waals surface area (Å²) >= 11 is 6.31. The number of piperidine rings is 2. The summed E-state index contributed by atoms with van der Waals surface area (Å²) < 4.78 is 1.24. The first kappa shape index (κ1) is 20.4. The van der Waals surface area contributed by atoms with Crippen LogP contribution in [0.3, 0.4) is 0 Å². The quantitative estimate of drug-likeness (QED) is 0.543. The van der Waals surface area contributed by atoms with Crippen LogP contribution < -0.4 is 4.42 Å². The van der Waals surface area contributed by atoms with Gasteiger partial charge in [-0.1, -0.05) is 36.4 Å². The first-order valence-electron chi connectivity index (χ1n) is 11.3. The molecule has 1 aromatic heterocycles. The van der Waals surface area contributed by atoms with Crippen molar-refractivity contribution in [2.75, 3.05) is 30.6 Å². The molecule has 0 bridgehead atoms. The number of likely N-dealkylation sites (tertiary alicyclic amines) is 2. The van der Waals surface area contributed by atoms with E-state index in [1.165, 1.54) is 33.7 Å². The summed E-state index contributed by atoms with van der Waals surface area (Å²) in [7, 11) is 0. The summed E-state index contributed by atoms with van der Waals surface area (Å²) in [5, 5.41) is 1.37. The van der Waals surface area contributed by atoms with Gasteiger partial charge in [-0.25, -0.2) is 9.21 Å². The van der Waals surface area contributed by atoms with E-state index in [9.17, 15) is 4.79 Å². The van der Waals surface area contributed by atoms with Crippen LogP contribution >= 0.6 is 11.8 Å². The molecule has 5 nitrogen and oxygen atoms in total. The van der Waals surface area contributed by atoms with Gasteiger partial charge < -0.3 is 14.8 Å². The van der Waals surface area contributed by atoms with Crippen molar-refractivity contribution in [3.8, 4) is 0 Å². The van der Waals surface area contributed by atoms with Gasteiger partial charge in [0.2, 0.25) is 0 Å². The summed E-state index contributed by atoms with van der Waals surface area (Å²) in [6, 6.07) is 18.5. The Morgan fingerprint density at radius 2 is 1.58 bits per heavy atom. The summed E-state index contributed by atoms with van der Waals surface area (Å²) in [6.07, 6.45) is 6.64. The molecule has 0 saturated carbocycles. The van der Waals surface area contributed by atoms with Crippen LogP contribution in [0, 0.1) is 0 Å². The Hall–Kier alpha value is -2.50. The third-order valence-corrected chi connectivity index (χ3v) is 7.33. The molecule has 6 heteroatoms. The number of hydrogen-bond acceptors (Lipinski definition) is 2. The normalized spacial score (nSPS) is 19.1. The highest BCUT2D eigenvalue weighted by Gasteiger charge is 2.32. The number of hydrogen-bond donors (Lipinski definition) is 1. The molecule has 31 heavy (non-hydrogen) atoms. The number of halogens is 1. The predicted molar refractivity (Wildman–Crippen MR) is 127 cm³/mol. The van der Waals surface area contributed by atoms with Crippen LogP contribution in [0.5, 0.6) is 0 Å². The zero-order valence-corrected chi connectivity index (χ0v) is 18.5. The minimum absolute atomic E-state index is 0.121. The number of aromatic nitrogens is 1. The molecule has 2 fully saturated rings. The Balaban J connectivity index is 1.14. The largest absolute Gasteiger partial charge is 0.361 e. The molecule has 162 valence electrons. The summed E-state index contributed by atoms with van der Waals surface area (Å²) in [5.41, 5.74) is 3.43. The van der Waals surface area contributed by atoms with Crippen molar-refractivity contribution in [1.29, 1.82) is 0 Å². The SMILES string of the molecule is O=C(N1CCC(N2CCC(c3c[nH]c4ccccc34)CC2)CC1)N(Cl)c1ccccc1. The molecule has 2 amide bonds. The smallest absolute Gasteiger partial charge is 0.339 e. The van der Waals surface area contributed by atoms with Crippen molar-refractivity contribution in [2.45, 2.75) is 37.6 Å². The molecule has 3 aromatic rings. The van der Waals surface area contributed by atoms with E-state index in [-0.39, 0.29) is 6.03 Å². The Bertz CT molecular complexity index is 1020. The van der Waals surface area contributed by atoms with Crippen molar-refractivity contribution >= 4 is 34.4 Å². The number of fused-ring (bicyclic) bond motifs is 1. The van der Waals surface area contributed by atoms with Crippen molar-refractivity contribution in [1.82, 2.24) is 14.8 Å². The van der Waals surface area contributed by atoms with Crippen LogP contribution in [0.25, 0.3) is 10.9 Å². The fourth-order valence-corrected chi connectivity index (χ4v) is 5.44. The van der Waals surface area contributed by atoms with Gasteiger partial charge in [-0.2, -0.15) is 0 Å². The van der Waals surface area contributed by atoms with E-state index in [2.05, 4.69) is 40.3 Å². The highest BCUT2D eigenvalue weighted by Crippen LogP contribution is 2.34. The van der Waals surface area contributed by atoms with E-state index in [0.29, 0.717) is 12.0 Å². The number of anilines is 1. The van der Waals surface area contributed by atoms with Crippen LogP contribution in [0.1, 0.15) is 37.2 Å². The lowest BCUT2D eigenvalue weighted by molar-refractivity contribution is 0.0981. The zero-order chi connectivity index (χ0) is 21.2. The third-order valence-electron chi connectivity index (χ3n) is 6.99. The first-order valence-corrected chi connectivity index (χ1v) is 11.6. The predicted octanol–water partition coefficient (Wildman–Crippen LogP) is 5.59. The number of H-pyrrole nitrogens is 1. The fraction of sp³-hybridized carbons (Fsp3) is 0.400. The zero-order valence-electron chi connectivity index (χ0n) is 17.7. The maximum atomic E-state index is 12.8. The summed E-state index contributed by atoms with van der Waals surface area (Å²) in [5.74, 6) is 0.629. The van der Waals surface area contributed by atoms with Crippen molar-refractivity contribution in [3.63, 3.8) is 0 Å². The Kier molecular flexibility index (Phi) is 5.88. The van der Waals surface area contributed by atoms with Gasteiger partial charge >= 0.3 is 6.03 Å². The van der Waals surface area contributed by atoms with Gasteiger partial charge in [0.25, 0.3) is 0 Å². The number of urea groups is 1. The standard InChI is InChI=1S/C25H29ClN4O/c26-30(21-6-2-1-3-7-21)25(31)29-16-12-20(13-17-29)28-14-10-19(11-15-28)23-18-27-24-9-5-4-8-22(23)24/h1-9,18-20,27H,10-17H2. The minimum Gasteiger partial charge on any atom is -0.361 e. The molecular formula is C25H29ClN4O. The Morgan fingerprint density at radius 1 is 0.903 bits per heavy atom. The van der Waals surface area contributed by atoms with E-state index < -0.39 is 0 Å². The summed E-state index contributed by atoms with van der Waals surface area (Å²) in [6.45, 7) is 3.80. The third kappa shape index (κ3) is 4.17. The number of nitrogens with zero attached hydrogens (tertiary/aromatic N) is 3. The molecule has 2 saturated heterocycles. The first-order chi connectivity index (χ1) is 15.2. The lowest BCUT2D eigenvalue weighted by Gasteiger charge is -2.42. The van der Waals surface area contributed by atoms with Crippen LogP contribution in [-0.2, 0) is 0 Å². The topological polar surface area (TPSA) is 42.6 Å². The Morgan fingerprint density at radius 3 is 2.32 bits per heavy atom. The van der Waals surface area contributed by atoms with Crippen molar-refractivity contribution < 1.29 is 4.79 Å². The maximum Gasteiger partial charge on any atom is 0.339 e. The van der Waals surface area contributed by atoms with Gasteiger partial charge in [-0.3, -0.25) is 0 Å². The van der Waals surface area contributed by atoms with Gasteiger partial charge in [0.15, 0.2) is 0 Å². The van der Waals surface area contributed by atoms with Gasteiger partial charge in [0.1, 0.15) is 0 Å². The molecule has 0 spiro atoms. The fourth-order valence-electron chi connectivity index (χ4n) is 5.22. The Labute approximate surface area is 188 Å². The molecule has 3 heterocycles. The molecule has 2 aliphatic heterocycles. The second-order valence-corrected chi connectivity index (χ2v) is 9.06. The molecule has 2 aromatic carbocycles. The maximum absolute atomic E-state index is 12.8. The molecule has 0 atom stereocenters. The number of rotatable bonds is 3. The van der Waals surface area contributed by atoms with Gasteiger partial charge in [-0.15, -0.1) is 0 Å². The molecular weight excluding hydrogens is 408 g/mol. The number of para-hydroxylation sites is 2. The highest BCUT2D eigenvalue weighted by atomic mass is 35.5. The van der Waals surface area contributed by atoms with Crippen molar-refractivity contribution in [3.05, 3.63) is 66.4 Å². The molecule has 0 aliphatic carbocycles. The molecule has 5 rings (SSSR count). The molecule has 0 unspecified atom stereocenters. The van der Waals surface area contributed by atoms with Crippen LogP contribution in [-0.4, -0.2) is 53.0 Å². The second kappa shape index (κ2) is 8.93. The van der Waals surface area contributed by atoms with E-state index in [1.807, 2.05) is 35.2 Å². The number of carbonyl (C=O) groups excluding carboxylic acids is 1. The van der Waals surface area contributed by atoms with E-state index in [0.717, 1.165) is 44.7 Å². The number of amides is 2. The van der Waals surface area contributed by atoms with Crippen molar-refractivity contribution in [2.24, 2.45) is 0 Å². The van der Waals surface area contributed by atoms with Gasteiger partial charge in [-0.05, 0) is 68.5 Å². The van der Waals surface area contributed by atoms with Gasteiger partial charge in [0.05, 0.1) is 5.69 Å². The molecule has 1 N–H and O–H groups in total. The van der Waals surface area contributed by atoms with E-state index >= 15 is 0 Å². The lowest BCUT2D eigenvalue weighted by Crippen LogP contribution is -2.50. The number of carbonyl (C=O) groups is 1. The minimum atomic E-state index is -0.121. The number of benzene rings is 2. The average molecular weight is 437 g/mol. The number of aromatic amines is 1. The average Bonchev–Trinajstić information content (AvgIpc) is 3.28. The van der Waals surface area contributed by atoms with Crippen LogP contribution in [0.4, 0.5) is 10.5 Å². The lowest BCUT2D eigenvalue weighted by atomic mass is 9.88. The second-order valence-electron chi connectivity index (χ2n) is 8.72. The molecule has 2 aliphatic rings. The van der Waals surface area contributed by atoms with Crippen LogP contribution in [0.2, 0.25) is 0 Å². The highest BCUT2D eigenvalue weighted by molar-refractivity contribution is 6.36. The molecule has 0 radical (unpaired) electrons. The van der Waals surface area contributed by atoms with E-state index in [4.69, 9.17) is 11.8 Å². The number of nitrogens with one attached hydrogen (secondary N) is 1. The van der Waals surface area contributed by atoms with Gasteiger partial charge in [0, 0.05) is 48.0 Å². The summed E-state index contributed by atoms with van der Waals surface area (Å²) in [4.78, 5) is 20.7.